The Morgan fingerprint density at radius 3 is 2.23 bits per heavy atom. The Morgan fingerprint density at radius 1 is 0.968 bits per heavy atom. The number of piperazine rings is 1. The number of amides is 1. The average Bonchev–Trinajstić information content (AvgIpc) is 2.71. The van der Waals surface area contributed by atoms with Crippen molar-refractivity contribution in [3.8, 4) is 5.75 Å². The number of carbonyl (C=O) groups excluding carboxylic acids is 1. The normalized spacial score (nSPS) is 15.6. The van der Waals surface area contributed by atoms with Crippen LogP contribution in [0.25, 0.3) is 0 Å². The maximum atomic E-state index is 13.1. The number of nitrogens with one attached hydrogen (secondary N) is 1. The number of hydrogen-bond acceptors (Lipinski definition) is 4. The van der Waals surface area contributed by atoms with Crippen molar-refractivity contribution in [3.63, 3.8) is 0 Å². The van der Waals surface area contributed by atoms with Crippen LogP contribution in [0.1, 0.15) is 5.56 Å². The van der Waals surface area contributed by atoms with Crippen molar-refractivity contribution in [3.05, 3.63) is 58.1 Å². The van der Waals surface area contributed by atoms with Crippen molar-refractivity contribution in [1.82, 2.24) is 9.80 Å². The van der Waals surface area contributed by atoms with Gasteiger partial charge in [0, 0.05) is 32.7 Å². The van der Waals surface area contributed by atoms with E-state index >= 15 is 0 Å². The number of alkyl halides is 3. The van der Waals surface area contributed by atoms with E-state index in [-0.39, 0.29) is 12.2 Å². The Hall–Kier alpha value is -2.00. The number of ether oxygens (including phenoxy) is 1. The third kappa shape index (κ3) is 6.74. The van der Waals surface area contributed by atoms with Gasteiger partial charge in [0.05, 0.1) is 27.8 Å². The van der Waals surface area contributed by atoms with Crippen LogP contribution in [0.5, 0.6) is 5.75 Å². The van der Waals surface area contributed by atoms with Gasteiger partial charge in [-0.2, -0.15) is 13.2 Å². The highest BCUT2D eigenvalue weighted by atomic mass is 35.5. The number of anilines is 1. The molecule has 31 heavy (non-hydrogen) atoms. The van der Waals surface area contributed by atoms with Crippen molar-refractivity contribution < 1.29 is 22.7 Å². The van der Waals surface area contributed by atoms with Gasteiger partial charge < -0.3 is 10.1 Å². The fraction of sp³-hybridized carbons (Fsp3) is 0.381. The van der Waals surface area contributed by atoms with E-state index in [0.29, 0.717) is 55.1 Å². The Bertz CT molecular complexity index is 883. The highest BCUT2D eigenvalue weighted by Crippen LogP contribution is 2.34. The molecule has 0 atom stereocenters. The summed E-state index contributed by atoms with van der Waals surface area (Å²) in [5.41, 5.74) is -1.08. The molecule has 2 aromatic rings. The SMILES string of the molecule is O=C(CN1CCN(CCOc2c(Cl)cccc2Cl)CC1)Nc1ccccc1C(F)(F)F. The summed E-state index contributed by atoms with van der Waals surface area (Å²) in [6.07, 6.45) is -4.52. The third-order valence-electron chi connectivity index (χ3n) is 4.91. The number of hydrogen-bond donors (Lipinski definition) is 1. The first-order valence-electron chi connectivity index (χ1n) is 9.71. The second kappa shape index (κ2) is 10.5. The van der Waals surface area contributed by atoms with Gasteiger partial charge in [0.15, 0.2) is 5.75 Å². The molecule has 1 fully saturated rings. The highest BCUT2D eigenvalue weighted by Gasteiger charge is 2.33. The predicted molar refractivity (Wildman–Crippen MR) is 115 cm³/mol. The lowest BCUT2D eigenvalue weighted by Crippen LogP contribution is -2.49. The molecular formula is C21H22Cl2F3N3O2. The second-order valence-corrected chi connectivity index (χ2v) is 7.92. The largest absolute Gasteiger partial charge is 0.489 e. The van der Waals surface area contributed by atoms with Gasteiger partial charge in [-0.3, -0.25) is 14.6 Å². The minimum Gasteiger partial charge on any atom is -0.489 e. The van der Waals surface area contributed by atoms with E-state index in [1.54, 1.807) is 18.2 Å². The minimum absolute atomic E-state index is 0.0335. The van der Waals surface area contributed by atoms with E-state index in [2.05, 4.69) is 10.2 Å². The second-order valence-electron chi connectivity index (χ2n) is 7.11. The van der Waals surface area contributed by atoms with Gasteiger partial charge in [-0.15, -0.1) is 0 Å². The fourth-order valence-corrected chi connectivity index (χ4v) is 3.81. The summed E-state index contributed by atoms with van der Waals surface area (Å²) in [5.74, 6) is -0.0119. The Labute approximate surface area is 188 Å². The molecule has 3 rings (SSSR count). The van der Waals surface area contributed by atoms with Crippen LogP contribution in [-0.4, -0.2) is 61.6 Å². The first-order chi connectivity index (χ1) is 14.7. The molecule has 168 valence electrons. The molecule has 5 nitrogen and oxygen atoms in total. The van der Waals surface area contributed by atoms with Gasteiger partial charge in [-0.05, 0) is 24.3 Å². The van der Waals surface area contributed by atoms with Gasteiger partial charge in [0.1, 0.15) is 6.61 Å². The number of para-hydroxylation sites is 2. The van der Waals surface area contributed by atoms with Gasteiger partial charge in [0.2, 0.25) is 5.91 Å². The third-order valence-corrected chi connectivity index (χ3v) is 5.51. The van der Waals surface area contributed by atoms with E-state index < -0.39 is 17.6 Å². The Balaban J connectivity index is 1.42. The fourth-order valence-electron chi connectivity index (χ4n) is 3.30. The maximum Gasteiger partial charge on any atom is 0.418 e. The van der Waals surface area contributed by atoms with Crippen molar-refractivity contribution in [2.24, 2.45) is 0 Å². The first-order valence-corrected chi connectivity index (χ1v) is 10.5. The molecule has 0 aliphatic carbocycles. The summed E-state index contributed by atoms with van der Waals surface area (Å²) in [5, 5.41) is 3.29. The molecule has 2 aromatic carbocycles. The van der Waals surface area contributed by atoms with E-state index in [4.69, 9.17) is 27.9 Å². The summed E-state index contributed by atoms with van der Waals surface area (Å²) in [4.78, 5) is 16.3. The van der Waals surface area contributed by atoms with Crippen LogP contribution in [0.15, 0.2) is 42.5 Å². The number of nitrogens with zero attached hydrogens (tertiary/aromatic N) is 2. The summed E-state index contributed by atoms with van der Waals surface area (Å²) >= 11 is 12.2. The summed E-state index contributed by atoms with van der Waals surface area (Å²) < 4.78 is 44.9. The zero-order valence-electron chi connectivity index (χ0n) is 16.6. The molecule has 1 heterocycles. The lowest BCUT2D eigenvalue weighted by molar-refractivity contribution is -0.137. The Kier molecular flexibility index (Phi) is 8.05. The number of rotatable bonds is 7. The van der Waals surface area contributed by atoms with Crippen LogP contribution in [0.2, 0.25) is 10.0 Å². The molecule has 0 bridgehead atoms. The smallest absolute Gasteiger partial charge is 0.418 e. The molecule has 1 N–H and O–H groups in total. The predicted octanol–water partition coefficient (Wildman–Crippen LogP) is 4.65. The topological polar surface area (TPSA) is 44.8 Å². The molecule has 10 heteroatoms. The molecule has 1 aliphatic rings. The highest BCUT2D eigenvalue weighted by molar-refractivity contribution is 6.37. The summed E-state index contributed by atoms with van der Waals surface area (Å²) in [6.45, 7) is 3.80. The molecule has 1 saturated heterocycles. The summed E-state index contributed by atoms with van der Waals surface area (Å²) in [7, 11) is 0. The van der Waals surface area contributed by atoms with Crippen LogP contribution in [0, 0.1) is 0 Å². The van der Waals surface area contributed by atoms with E-state index in [1.807, 2.05) is 4.90 Å². The molecule has 0 saturated carbocycles. The quantitative estimate of drug-likeness (QED) is 0.633. The number of benzene rings is 2. The van der Waals surface area contributed by atoms with Gasteiger partial charge in [-0.25, -0.2) is 0 Å². The van der Waals surface area contributed by atoms with Crippen LogP contribution < -0.4 is 10.1 Å². The van der Waals surface area contributed by atoms with E-state index in [1.165, 1.54) is 18.2 Å². The lowest BCUT2D eigenvalue weighted by atomic mass is 10.1. The maximum absolute atomic E-state index is 13.1. The molecule has 0 spiro atoms. The summed E-state index contributed by atoms with van der Waals surface area (Å²) in [6, 6.07) is 10.1. The lowest BCUT2D eigenvalue weighted by Gasteiger charge is -2.34. The molecule has 0 unspecified atom stereocenters. The molecule has 0 aromatic heterocycles. The molecule has 1 amide bonds. The molecule has 0 radical (unpaired) electrons. The molecule has 1 aliphatic heterocycles. The van der Waals surface area contributed by atoms with Crippen LogP contribution in [0.4, 0.5) is 18.9 Å². The van der Waals surface area contributed by atoms with Crippen molar-refractivity contribution >= 4 is 34.8 Å². The van der Waals surface area contributed by atoms with Crippen molar-refractivity contribution in [2.75, 3.05) is 51.2 Å². The standard InChI is InChI=1S/C21H22Cl2F3N3O2/c22-16-5-3-6-17(23)20(16)31-13-12-28-8-10-29(11-9-28)14-19(30)27-18-7-2-1-4-15(18)21(24,25)26/h1-7H,8-14H2,(H,27,30). The van der Waals surface area contributed by atoms with Crippen LogP contribution in [-0.2, 0) is 11.0 Å². The van der Waals surface area contributed by atoms with Gasteiger partial charge in [-0.1, -0.05) is 41.4 Å². The average molecular weight is 476 g/mol. The van der Waals surface area contributed by atoms with Crippen molar-refractivity contribution in [1.29, 1.82) is 0 Å². The van der Waals surface area contributed by atoms with E-state index in [0.717, 1.165) is 6.07 Å². The number of carbonyl (C=O) groups is 1. The minimum atomic E-state index is -4.52. The van der Waals surface area contributed by atoms with Crippen LogP contribution in [0.3, 0.4) is 0 Å². The zero-order chi connectivity index (χ0) is 22.4. The first kappa shape index (κ1) is 23.7. The zero-order valence-corrected chi connectivity index (χ0v) is 18.1. The van der Waals surface area contributed by atoms with Crippen LogP contribution >= 0.6 is 23.2 Å². The molecular weight excluding hydrogens is 454 g/mol. The van der Waals surface area contributed by atoms with E-state index in [9.17, 15) is 18.0 Å². The van der Waals surface area contributed by atoms with Crippen molar-refractivity contribution in [2.45, 2.75) is 6.18 Å². The van der Waals surface area contributed by atoms with Gasteiger partial charge in [0.25, 0.3) is 0 Å². The van der Waals surface area contributed by atoms with Gasteiger partial charge >= 0.3 is 6.18 Å². The number of halogens is 5. The Morgan fingerprint density at radius 2 is 1.58 bits per heavy atom. The monoisotopic (exact) mass is 475 g/mol.